The standard InChI is InChI=1S/C20H17N5O2/c1-13-17(24(2)25(19(13)27)14-8-4-3-5-9-14)12-21-20-22-16-11-7-6-10-15(16)18(26)23-20/h3-12H,1-2H3,(H,22,23,26). The van der Waals surface area contributed by atoms with Crippen molar-refractivity contribution in [1.82, 2.24) is 19.3 Å². The van der Waals surface area contributed by atoms with Gasteiger partial charge in [-0.2, -0.15) is 0 Å². The molecule has 2 heterocycles. The number of nitrogens with one attached hydrogen (secondary N) is 1. The molecule has 0 saturated heterocycles. The van der Waals surface area contributed by atoms with E-state index >= 15 is 0 Å². The highest BCUT2D eigenvalue weighted by Crippen LogP contribution is 2.12. The number of aromatic nitrogens is 4. The minimum atomic E-state index is -0.250. The van der Waals surface area contributed by atoms with Gasteiger partial charge in [-0.05, 0) is 31.2 Å². The van der Waals surface area contributed by atoms with Crippen LogP contribution in [-0.2, 0) is 7.05 Å². The van der Waals surface area contributed by atoms with Crippen LogP contribution in [0.3, 0.4) is 0 Å². The van der Waals surface area contributed by atoms with Gasteiger partial charge in [-0.3, -0.25) is 19.3 Å². The van der Waals surface area contributed by atoms with Crippen molar-refractivity contribution >= 4 is 23.1 Å². The molecule has 1 N–H and O–H groups in total. The molecule has 7 nitrogen and oxygen atoms in total. The summed E-state index contributed by atoms with van der Waals surface area (Å²) in [5.41, 5.74) is 2.17. The van der Waals surface area contributed by atoms with E-state index in [9.17, 15) is 9.59 Å². The number of aliphatic imine (C=N–C) groups is 1. The highest BCUT2D eigenvalue weighted by molar-refractivity contribution is 5.82. The van der Waals surface area contributed by atoms with Crippen LogP contribution in [0.25, 0.3) is 16.6 Å². The first-order chi connectivity index (χ1) is 13.1. The molecule has 0 atom stereocenters. The maximum Gasteiger partial charge on any atom is 0.274 e. The summed E-state index contributed by atoms with van der Waals surface area (Å²) in [6.45, 7) is 1.75. The minimum absolute atomic E-state index is 0.120. The van der Waals surface area contributed by atoms with Gasteiger partial charge in [0, 0.05) is 12.6 Å². The summed E-state index contributed by atoms with van der Waals surface area (Å²) < 4.78 is 3.31. The van der Waals surface area contributed by atoms with Gasteiger partial charge in [-0.1, -0.05) is 30.3 Å². The molecule has 0 aliphatic rings. The number of H-pyrrole nitrogens is 1. The summed E-state index contributed by atoms with van der Waals surface area (Å²) in [6, 6.07) is 16.5. The van der Waals surface area contributed by atoms with Gasteiger partial charge >= 0.3 is 0 Å². The average Bonchev–Trinajstić information content (AvgIpc) is 2.89. The first-order valence-electron chi connectivity index (χ1n) is 8.43. The summed E-state index contributed by atoms with van der Waals surface area (Å²) in [5, 5.41) is 0.510. The van der Waals surface area contributed by atoms with Gasteiger partial charge in [0.1, 0.15) is 0 Å². The van der Waals surface area contributed by atoms with Gasteiger partial charge in [-0.15, -0.1) is 0 Å². The molecule has 0 spiro atoms. The number of rotatable bonds is 3. The van der Waals surface area contributed by atoms with Crippen molar-refractivity contribution in [3.05, 3.63) is 86.6 Å². The third-order valence-electron chi connectivity index (χ3n) is 4.46. The second-order valence-corrected chi connectivity index (χ2v) is 6.15. The molecule has 0 amide bonds. The molecule has 0 aliphatic heterocycles. The number of hydrogen-bond acceptors (Lipinski definition) is 4. The van der Waals surface area contributed by atoms with Crippen LogP contribution in [0.2, 0.25) is 0 Å². The van der Waals surface area contributed by atoms with Gasteiger partial charge in [0.05, 0.1) is 28.5 Å². The molecular weight excluding hydrogens is 342 g/mol. The molecule has 4 aromatic rings. The maximum absolute atomic E-state index is 12.7. The van der Waals surface area contributed by atoms with Crippen LogP contribution in [0.5, 0.6) is 0 Å². The fourth-order valence-corrected chi connectivity index (χ4v) is 3.05. The molecule has 2 aromatic carbocycles. The van der Waals surface area contributed by atoms with Crippen molar-refractivity contribution < 1.29 is 0 Å². The lowest BCUT2D eigenvalue weighted by Gasteiger charge is -2.07. The third-order valence-corrected chi connectivity index (χ3v) is 4.46. The van der Waals surface area contributed by atoms with Crippen molar-refractivity contribution in [2.75, 3.05) is 0 Å². The van der Waals surface area contributed by atoms with Crippen LogP contribution >= 0.6 is 0 Å². The van der Waals surface area contributed by atoms with Crippen molar-refractivity contribution in [3.8, 4) is 5.69 Å². The van der Waals surface area contributed by atoms with E-state index in [1.165, 1.54) is 0 Å². The molecular formula is C20H17N5O2. The third kappa shape index (κ3) is 2.89. The Balaban J connectivity index is 1.80. The zero-order chi connectivity index (χ0) is 19.0. The molecule has 0 aliphatic carbocycles. The van der Waals surface area contributed by atoms with Crippen LogP contribution in [0, 0.1) is 6.92 Å². The topological polar surface area (TPSA) is 85.0 Å². The number of nitrogens with zero attached hydrogens (tertiary/aromatic N) is 4. The van der Waals surface area contributed by atoms with Crippen LogP contribution in [-0.4, -0.2) is 25.5 Å². The Hall–Kier alpha value is -3.74. The summed E-state index contributed by atoms with van der Waals surface area (Å²) in [5.74, 6) is 0.193. The van der Waals surface area contributed by atoms with Crippen LogP contribution in [0.4, 0.5) is 5.95 Å². The van der Waals surface area contributed by atoms with Crippen molar-refractivity contribution in [2.45, 2.75) is 6.92 Å². The van der Waals surface area contributed by atoms with E-state index in [1.54, 1.807) is 47.7 Å². The van der Waals surface area contributed by atoms with Crippen LogP contribution in [0.1, 0.15) is 11.3 Å². The Labute approximate surface area is 154 Å². The largest absolute Gasteiger partial charge is 0.290 e. The fraction of sp³-hybridized carbons (Fsp3) is 0.100. The molecule has 0 saturated carbocycles. The molecule has 0 unspecified atom stereocenters. The van der Waals surface area contributed by atoms with E-state index in [4.69, 9.17) is 0 Å². The number of benzene rings is 2. The van der Waals surface area contributed by atoms with E-state index in [0.717, 1.165) is 5.69 Å². The second-order valence-electron chi connectivity index (χ2n) is 6.15. The van der Waals surface area contributed by atoms with E-state index in [0.29, 0.717) is 22.2 Å². The predicted octanol–water partition coefficient (Wildman–Crippen LogP) is 2.47. The quantitative estimate of drug-likeness (QED) is 0.570. The number of fused-ring (bicyclic) bond motifs is 1. The van der Waals surface area contributed by atoms with Gasteiger partial charge in [0.2, 0.25) is 5.95 Å². The van der Waals surface area contributed by atoms with Crippen LogP contribution in [0.15, 0.2) is 69.2 Å². The van der Waals surface area contributed by atoms with E-state index in [1.807, 2.05) is 36.4 Å². The Morgan fingerprint density at radius 3 is 2.52 bits per heavy atom. The first kappa shape index (κ1) is 16.7. The second kappa shape index (κ2) is 6.53. The normalized spacial score (nSPS) is 11.5. The monoisotopic (exact) mass is 359 g/mol. The Bertz CT molecular complexity index is 1280. The van der Waals surface area contributed by atoms with E-state index in [-0.39, 0.29) is 17.1 Å². The van der Waals surface area contributed by atoms with Gasteiger partial charge in [-0.25, -0.2) is 14.7 Å². The lowest BCUT2D eigenvalue weighted by Crippen LogP contribution is -2.20. The van der Waals surface area contributed by atoms with Crippen molar-refractivity contribution in [1.29, 1.82) is 0 Å². The predicted molar refractivity (Wildman–Crippen MR) is 105 cm³/mol. The highest BCUT2D eigenvalue weighted by Gasteiger charge is 2.14. The minimum Gasteiger partial charge on any atom is -0.290 e. The maximum atomic E-state index is 12.7. The molecule has 0 fully saturated rings. The van der Waals surface area contributed by atoms with Gasteiger partial charge in [0.25, 0.3) is 11.1 Å². The molecule has 27 heavy (non-hydrogen) atoms. The summed E-state index contributed by atoms with van der Waals surface area (Å²) >= 11 is 0. The zero-order valence-electron chi connectivity index (χ0n) is 14.9. The molecule has 134 valence electrons. The first-order valence-corrected chi connectivity index (χ1v) is 8.43. The van der Waals surface area contributed by atoms with Crippen molar-refractivity contribution in [3.63, 3.8) is 0 Å². The molecule has 0 radical (unpaired) electrons. The summed E-state index contributed by atoms with van der Waals surface area (Å²) in [7, 11) is 1.79. The smallest absolute Gasteiger partial charge is 0.274 e. The van der Waals surface area contributed by atoms with E-state index in [2.05, 4.69) is 15.0 Å². The number of hydrogen-bond donors (Lipinski definition) is 1. The molecule has 0 bridgehead atoms. The zero-order valence-corrected chi connectivity index (χ0v) is 14.9. The Kier molecular flexibility index (Phi) is 4.04. The molecule has 4 rings (SSSR count). The molecule has 2 aromatic heterocycles. The molecule has 7 heteroatoms. The Morgan fingerprint density at radius 1 is 1.04 bits per heavy atom. The number of aromatic amines is 1. The summed E-state index contributed by atoms with van der Waals surface area (Å²) in [6.07, 6.45) is 1.54. The fourth-order valence-electron chi connectivity index (χ4n) is 3.05. The Morgan fingerprint density at radius 2 is 1.74 bits per heavy atom. The van der Waals surface area contributed by atoms with Gasteiger partial charge < -0.3 is 0 Å². The SMILES string of the molecule is Cc1c(C=Nc2nc3ccccc3c(=O)[nH]2)n(C)n(-c2ccccc2)c1=O. The lowest BCUT2D eigenvalue weighted by atomic mass is 10.2. The van der Waals surface area contributed by atoms with E-state index < -0.39 is 0 Å². The summed E-state index contributed by atoms with van der Waals surface area (Å²) in [4.78, 5) is 36.1. The van der Waals surface area contributed by atoms with Crippen molar-refractivity contribution in [2.24, 2.45) is 12.0 Å². The number of para-hydroxylation sites is 2. The van der Waals surface area contributed by atoms with Gasteiger partial charge in [0.15, 0.2) is 0 Å². The van der Waals surface area contributed by atoms with Crippen LogP contribution < -0.4 is 11.1 Å². The lowest BCUT2D eigenvalue weighted by molar-refractivity contribution is 0.643. The average molecular weight is 359 g/mol. The highest BCUT2D eigenvalue weighted by atomic mass is 16.1.